The average Bonchev–Trinajstić information content (AvgIpc) is 3.30. The molecule has 2 aliphatic rings. The highest BCUT2D eigenvalue weighted by Crippen LogP contribution is 2.54. The number of alkyl halides is 2. The smallest absolute Gasteiger partial charge is 0.279 e. The van der Waals surface area contributed by atoms with E-state index in [4.69, 9.17) is 10.8 Å². The van der Waals surface area contributed by atoms with Gasteiger partial charge in [0.25, 0.3) is 11.5 Å². The van der Waals surface area contributed by atoms with Crippen molar-refractivity contribution in [2.45, 2.75) is 76.7 Å². The minimum absolute atomic E-state index is 0.0320. The zero-order valence-electron chi connectivity index (χ0n) is 23.2. The average molecular weight is 537 g/mol. The van der Waals surface area contributed by atoms with Gasteiger partial charge in [-0.3, -0.25) is 25.1 Å². The van der Waals surface area contributed by atoms with Crippen LogP contribution in [0.25, 0.3) is 16.6 Å². The molecule has 0 radical (unpaired) electrons. The lowest BCUT2D eigenvalue weighted by Crippen LogP contribution is -2.58. The summed E-state index contributed by atoms with van der Waals surface area (Å²) in [4.78, 5) is 21.0. The lowest BCUT2D eigenvalue weighted by Gasteiger charge is -2.49. The van der Waals surface area contributed by atoms with Gasteiger partial charge in [-0.05, 0) is 68.1 Å². The Morgan fingerprint density at radius 1 is 1.13 bits per heavy atom. The number of halogens is 2. The van der Waals surface area contributed by atoms with Gasteiger partial charge in [-0.1, -0.05) is 32.4 Å². The molecule has 39 heavy (non-hydrogen) atoms. The first kappa shape index (κ1) is 27.2. The van der Waals surface area contributed by atoms with E-state index in [2.05, 4.69) is 29.8 Å². The van der Waals surface area contributed by atoms with Crippen molar-refractivity contribution in [3.05, 3.63) is 63.7 Å². The number of pyridine rings is 1. The van der Waals surface area contributed by atoms with E-state index < -0.39 is 24.2 Å². The van der Waals surface area contributed by atoms with E-state index in [1.54, 1.807) is 35.9 Å². The molecule has 9 heteroatoms. The van der Waals surface area contributed by atoms with Crippen LogP contribution in [-0.4, -0.2) is 57.1 Å². The number of benzene rings is 1. The molecule has 2 fully saturated rings. The number of aromatic amines is 1. The Kier molecular flexibility index (Phi) is 6.99. The zero-order chi connectivity index (χ0) is 28.1. The Bertz CT molecular complexity index is 1470. The first-order chi connectivity index (χ1) is 18.4. The summed E-state index contributed by atoms with van der Waals surface area (Å²) in [6.45, 7) is 8.63. The topological polar surface area (TPSA) is 92.0 Å². The molecule has 1 aliphatic heterocycles. The Balaban J connectivity index is 1.58. The van der Waals surface area contributed by atoms with Crippen molar-refractivity contribution < 1.29 is 8.78 Å². The fourth-order valence-corrected chi connectivity index (χ4v) is 6.17. The Morgan fingerprint density at radius 2 is 1.82 bits per heavy atom. The van der Waals surface area contributed by atoms with Crippen LogP contribution < -0.4 is 5.56 Å². The largest absolute Gasteiger partial charge is 0.353 e. The molecule has 1 aliphatic carbocycles. The summed E-state index contributed by atoms with van der Waals surface area (Å²) in [7, 11) is 1.56. The number of hydrogen-bond donors (Lipinski definition) is 3. The maximum atomic E-state index is 14.3. The van der Waals surface area contributed by atoms with Crippen LogP contribution in [-0.2, 0) is 12.0 Å². The summed E-state index contributed by atoms with van der Waals surface area (Å²) in [5, 5.41) is 17.6. The van der Waals surface area contributed by atoms with Crippen molar-refractivity contribution in [1.82, 2.24) is 19.4 Å². The summed E-state index contributed by atoms with van der Waals surface area (Å²) in [6, 6.07) is 9.17. The van der Waals surface area contributed by atoms with Crippen LogP contribution in [0.2, 0.25) is 0 Å². The Morgan fingerprint density at radius 3 is 2.44 bits per heavy atom. The molecule has 0 amide bonds. The predicted molar refractivity (Wildman–Crippen MR) is 152 cm³/mol. The number of likely N-dealkylation sites (tertiary alicyclic amines) is 1. The van der Waals surface area contributed by atoms with E-state index in [0.29, 0.717) is 16.8 Å². The number of nitrogens with one attached hydrogen (secondary N) is 3. The Labute approximate surface area is 227 Å². The SMILES string of the molecule is CC(=N)N(C)C(=N)C1(c2cccc(-n3cc(C(C)C)c4cc(CN5CCCCC5)[nH]c4c3=O)c2)CC(F)(F)C1. The fraction of sp³-hybridized carbons (Fsp3) is 0.500. The number of amidine groups is 2. The molecule has 3 N–H and O–H groups in total. The van der Waals surface area contributed by atoms with Crippen molar-refractivity contribution in [2.75, 3.05) is 20.1 Å². The molecule has 0 spiro atoms. The van der Waals surface area contributed by atoms with E-state index in [-0.39, 0.29) is 23.1 Å². The van der Waals surface area contributed by atoms with Crippen LogP contribution in [0.4, 0.5) is 8.78 Å². The Hall–Kier alpha value is -3.33. The molecule has 2 aromatic heterocycles. The molecular formula is C30H38F2N6O. The number of fused-ring (bicyclic) bond motifs is 1. The first-order valence-corrected chi connectivity index (χ1v) is 13.8. The number of H-pyrrole nitrogens is 1. The highest BCUT2D eigenvalue weighted by Gasteiger charge is 2.60. The van der Waals surface area contributed by atoms with Gasteiger partial charge in [0.1, 0.15) is 11.4 Å². The second-order valence-corrected chi connectivity index (χ2v) is 11.7. The second kappa shape index (κ2) is 10.0. The number of aromatic nitrogens is 2. The normalized spacial score (nSPS) is 18.7. The van der Waals surface area contributed by atoms with E-state index in [1.807, 2.05) is 6.20 Å². The lowest BCUT2D eigenvalue weighted by atomic mass is 9.60. The molecule has 1 saturated heterocycles. The molecule has 0 atom stereocenters. The van der Waals surface area contributed by atoms with Gasteiger partial charge in [0, 0.05) is 49.4 Å². The molecule has 1 saturated carbocycles. The van der Waals surface area contributed by atoms with Crippen LogP contribution in [0.3, 0.4) is 0 Å². The van der Waals surface area contributed by atoms with Crippen molar-refractivity contribution in [2.24, 2.45) is 0 Å². The van der Waals surface area contributed by atoms with Gasteiger partial charge >= 0.3 is 0 Å². The molecular weight excluding hydrogens is 498 g/mol. The number of piperidine rings is 1. The molecule has 0 unspecified atom stereocenters. The van der Waals surface area contributed by atoms with Crippen LogP contribution in [0.15, 0.2) is 41.3 Å². The molecule has 0 bridgehead atoms. The van der Waals surface area contributed by atoms with E-state index in [1.165, 1.54) is 31.1 Å². The quantitative estimate of drug-likeness (QED) is 0.266. The van der Waals surface area contributed by atoms with Crippen LogP contribution in [0.1, 0.15) is 75.6 Å². The highest BCUT2D eigenvalue weighted by atomic mass is 19.3. The van der Waals surface area contributed by atoms with Gasteiger partial charge in [0.05, 0.1) is 11.3 Å². The van der Waals surface area contributed by atoms with Crippen molar-refractivity contribution >= 4 is 22.6 Å². The molecule has 1 aromatic carbocycles. The highest BCUT2D eigenvalue weighted by molar-refractivity contribution is 6.03. The molecule has 208 valence electrons. The van der Waals surface area contributed by atoms with E-state index in [9.17, 15) is 13.6 Å². The van der Waals surface area contributed by atoms with Crippen molar-refractivity contribution in [1.29, 1.82) is 10.8 Å². The third kappa shape index (κ3) is 4.93. The van der Waals surface area contributed by atoms with Gasteiger partial charge < -0.3 is 9.88 Å². The summed E-state index contributed by atoms with van der Waals surface area (Å²) >= 11 is 0. The molecule has 5 rings (SSSR count). The summed E-state index contributed by atoms with van der Waals surface area (Å²) < 4.78 is 30.2. The number of nitrogens with zero attached hydrogens (tertiary/aromatic N) is 3. The molecule has 7 nitrogen and oxygen atoms in total. The van der Waals surface area contributed by atoms with Gasteiger partial charge in [-0.25, -0.2) is 8.78 Å². The first-order valence-electron chi connectivity index (χ1n) is 13.8. The third-order valence-corrected chi connectivity index (χ3v) is 8.44. The van der Waals surface area contributed by atoms with Crippen molar-refractivity contribution in [3.63, 3.8) is 0 Å². The zero-order valence-corrected chi connectivity index (χ0v) is 23.2. The summed E-state index contributed by atoms with van der Waals surface area (Å²) in [5.41, 5.74) is 2.32. The summed E-state index contributed by atoms with van der Waals surface area (Å²) in [6.07, 6.45) is 4.53. The van der Waals surface area contributed by atoms with Gasteiger partial charge in [0.15, 0.2) is 0 Å². The van der Waals surface area contributed by atoms with E-state index in [0.717, 1.165) is 36.3 Å². The maximum Gasteiger partial charge on any atom is 0.279 e. The maximum absolute atomic E-state index is 14.3. The standard InChI is InChI=1S/C30H38F2N6O/c1-19(2)25-16-38(27(39)26-24(25)14-22(35-26)15-37-11-6-5-7-12-37)23-10-8-9-21(13-23)29(17-30(31,32)18-29)28(34)36(4)20(3)33/h8-10,13-14,16,19,33-35H,5-7,11-12,15,17-18H2,1-4H3. The van der Waals surface area contributed by atoms with Gasteiger partial charge in [-0.2, -0.15) is 0 Å². The van der Waals surface area contributed by atoms with Crippen LogP contribution in [0, 0.1) is 10.8 Å². The van der Waals surface area contributed by atoms with Crippen molar-refractivity contribution in [3.8, 4) is 5.69 Å². The van der Waals surface area contributed by atoms with Crippen LogP contribution >= 0.6 is 0 Å². The van der Waals surface area contributed by atoms with E-state index >= 15 is 0 Å². The number of hydrogen-bond acceptors (Lipinski definition) is 4. The lowest BCUT2D eigenvalue weighted by molar-refractivity contribution is -0.107. The fourth-order valence-electron chi connectivity index (χ4n) is 6.17. The van der Waals surface area contributed by atoms with Gasteiger partial charge in [-0.15, -0.1) is 0 Å². The van der Waals surface area contributed by atoms with Gasteiger partial charge in [0.2, 0.25) is 0 Å². The summed E-state index contributed by atoms with van der Waals surface area (Å²) in [5.74, 6) is -2.64. The molecule has 3 aromatic rings. The monoisotopic (exact) mass is 536 g/mol. The minimum Gasteiger partial charge on any atom is -0.353 e. The predicted octanol–water partition coefficient (Wildman–Crippen LogP) is 6.00. The number of rotatable bonds is 6. The number of likely N-dealkylation sites (N-methyl/N-ethyl adjacent to an activating group) is 1. The third-order valence-electron chi connectivity index (χ3n) is 8.44. The molecule has 3 heterocycles. The minimum atomic E-state index is -2.88. The second-order valence-electron chi connectivity index (χ2n) is 11.7. The van der Waals surface area contributed by atoms with Crippen LogP contribution in [0.5, 0.6) is 0 Å².